The van der Waals surface area contributed by atoms with Gasteiger partial charge in [0.15, 0.2) is 0 Å². The zero-order valence-corrected chi connectivity index (χ0v) is 11.7. The van der Waals surface area contributed by atoms with Crippen LogP contribution < -0.4 is 0 Å². The molecular weight excluding hydrogens is 273 g/mol. The number of nitrogens with zero attached hydrogens (tertiary/aromatic N) is 5. The third-order valence-corrected chi connectivity index (χ3v) is 3.73. The first kappa shape index (κ1) is 13.7. The minimum absolute atomic E-state index is 0.0769. The van der Waals surface area contributed by atoms with E-state index in [0.29, 0.717) is 5.69 Å². The molecule has 3 rings (SSSR count). The first-order chi connectivity index (χ1) is 10.1. The Morgan fingerprint density at radius 2 is 2.05 bits per heavy atom. The van der Waals surface area contributed by atoms with E-state index in [-0.39, 0.29) is 23.6 Å². The number of hydrogen-bond acceptors (Lipinski definition) is 4. The molecule has 6 nitrogen and oxygen atoms in total. The molecule has 7 heteroatoms. The first-order valence-electron chi connectivity index (χ1n) is 7.02. The van der Waals surface area contributed by atoms with E-state index in [9.17, 15) is 9.18 Å². The van der Waals surface area contributed by atoms with E-state index in [0.717, 1.165) is 25.8 Å². The first-order valence-corrected chi connectivity index (χ1v) is 7.02. The summed E-state index contributed by atoms with van der Waals surface area (Å²) in [5, 5.41) is 11.8. The molecule has 21 heavy (non-hydrogen) atoms. The van der Waals surface area contributed by atoms with Gasteiger partial charge in [0.05, 0.1) is 5.69 Å². The van der Waals surface area contributed by atoms with Gasteiger partial charge in [0.25, 0.3) is 11.7 Å². The molecule has 0 saturated carbocycles. The molecule has 2 heterocycles. The monoisotopic (exact) mass is 289 g/mol. The number of piperidine rings is 1. The molecule has 1 amide bonds. The number of halogens is 1. The van der Waals surface area contributed by atoms with Gasteiger partial charge in [-0.15, -0.1) is 15.0 Å². The van der Waals surface area contributed by atoms with Crippen LogP contribution in [-0.2, 0) is 0 Å². The molecule has 0 aliphatic carbocycles. The summed E-state index contributed by atoms with van der Waals surface area (Å²) >= 11 is 0. The third kappa shape index (κ3) is 2.76. The Labute approximate surface area is 121 Å². The van der Waals surface area contributed by atoms with E-state index in [1.807, 2.05) is 6.92 Å². The fourth-order valence-electron chi connectivity index (χ4n) is 2.51. The summed E-state index contributed by atoms with van der Waals surface area (Å²) in [7, 11) is 0. The maximum absolute atomic E-state index is 12.9. The highest BCUT2D eigenvalue weighted by Crippen LogP contribution is 2.18. The van der Waals surface area contributed by atoms with Gasteiger partial charge in [0, 0.05) is 12.6 Å². The van der Waals surface area contributed by atoms with E-state index in [2.05, 4.69) is 15.4 Å². The minimum Gasteiger partial charge on any atom is -0.333 e. The third-order valence-electron chi connectivity index (χ3n) is 3.73. The van der Waals surface area contributed by atoms with Crippen molar-refractivity contribution in [3.8, 4) is 5.69 Å². The van der Waals surface area contributed by atoms with Crippen LogP contribution in [0.1, 0.15) is 36.8 Å². The van der Waals surface area contributed by atoms with Crippen molar-refractivity contribution in [2.75, 3.05) is 6.54 Å². The lowest BCUT2D eigenvalue weighted by atomic mass is 10.0. The van der Waals surface area contributed by atoms with Crippen molar-refractivity contribution in [2.45, 2.75) is 32.2 Å². The van der Waals surface area contributed by atoms with Gasteiger partial charge in [0.1, 0.15) is 5.82 Å². The molecule has 1 aromatic carbocycles. The highest BCUT2D eigenvalue weighted by molar-refractivity contribution is 5.90. The van der Waals surface area contributed by atoms with E-state index in [1.54, 1.807) is 4.90 Å². The standard InChI is InChI=1S/C14H16FN5O/c1-10-4-2-3-9-19(10)14(21)13-16-18-20(17-13)12-7-5-11(15)6-8-12/h5-8,10H,2-4,9H2,1H3/t10-/m1/s1. The summed E-state index contributed by atoms with van der Waals surface area (Å²) in [4.78, 5) is 15.4. The number of aromatic nitrogens is 4. The highest BCUT2D eigenvalue weighted by atomic mass is 19.1. The molecule has 1 aliphatic rings. The number of likely N-dealkylation sites (tertiary alicyclic amines) is 1. The molecule has 2 aromatic rings. The highest BCUT2D eigenvalue weighted by Gasteiger charge is 2.27. The van der Waals surface area contributed by atoms with Gasteiger partial charge in [-0.05, 0) is 55.7 Å². The van der Waals surface area contributed by atoms with Gasteiger partial charge in [-0.1, -0.05) is 0 Å². The number of benzene rings is 1. The Bertz CT molecular complexity index is 639. The second-order valence-electron chi connectivity index (χ2n) is 5.22. The smallest absolute Gasteiger partial charge is 0.295 e. The summed E-state index contributed by atoms with van der Waals surface area (Å²) in [6.45, 7) is 2.76. The topological polar surface area (TPSA) is 63.9 Å². The van der Waals surface area contributed by atoms with E-state index >= 15 is 0 Å². The molecular formula is C14H16FN5O. The number of amides is 1. The lowest BCUT2D eigenvalue weighted by Gasteiger charge is -2.32. The summed E-state index contributed by atoms with van der Waals surface area (Å²) < 4.78 is 12.9. The van der Waals surface area contributed by atoms with Crippen molar-refractivity contribution in [3.63, 3.8) is 0 Å². The van der Waals surface area contributed by atoms with Crippen LogP contribution in [0.2, 0.25) is 0 Å². The SMILES string of the molecule is C[C@@H]1CCCCN1C(=O)c1nnn(-c2ccc(F)cc2)n1. The van der Waals surface area contributed by atoms with Crippen molar-refractivity contribution in [1.29, 1.82) is 0 Å². The Hall–Kier alpha value is -2.31. The van der Waals surface area contributed by atoms with Crippen LogP contribution in [-0.4, -0.2) is 43.6 Å². The summed E-state index contributed by atoms with van der Waals surface area (Å²) in [6.07, 6.45) is 3.14. The molecule has 0 unspecified atom stereocenters. The van der Waals surface area contributed by atoms with Gasteiger partial charge >= 0.3 is 0 Å². The number of rotatable bonds is 2. The van der Waals surface area contributed by atoms with Gasteiger partial charge in [-0.3, -0.25) is 4.79 Å². The average molecular weight is 289 g/mol. The maximum Gasteiger partial charge on any atom is 0.295 e. The van der Waals surface area contributed by atoms with Crippen molar-refractivity contribution in [2.24, 2.45) is 0 Å². The molecule has 1 saturated heterocycles. The van der Waals surface area contributed by atoms with Gasteiger partial charge in [-0.2, -0.15) is 0 Å². The van der Waals surface area contributed by atoms with Crippen LogP contribution in [0, 0.1) is 5.82 Å². The predicted molar refractivity (Wildman–Crippen MR) is 73.5 cm³/mol. The average Bonchev–Trinajstić information content (AvgIpc) is 2.98. The summed E-state index contributed by atoms with van der Waals surface area (Å²) in [5.74, 6) is -0.457. The molecule has 0 spiro atoms. The number of tetrazole rings is 1. The van der Waals surface area contributed by atoms with Crippen molar-refractivity contribution >= 4 is 5.91 Å². The fourth-order valence-corrected chi connectivity index (χ4v) is 2.51. The zero-order valence-electron chi connectivity index (χ0n) is 11.7. The second kappa shape index (κ2) is 5.59. The Morgan fingerprint density at radius 1 is 1.29 bits per heavy atom. The fraction of sp³-hybridized carbons (Fsp3) is 0.429. The molecule has 0 bridgehead atoms. The van der Waals surface area contributed by atoms with Gasteiger partial charge in [-0.25, -0.2) is 4.39 Å². The number of carbonyl (C=O) groups excluding carboxylic acids is 1. The summed E-state index contributed by atoms with van der Waals surface area (Å²) in [6, 6.07) is 5.90. The normalized spacial score (nSPS) is 18.8. The van der Waals surface area contributed by atoms with Gasteiger partial charge < -0.3 is 4.90 Å². The molecule has 1 aromatic heterocycles. The zero-order chi connectivity index (χ0) is 14.8. The van der Waals surface area contributed by atoms with E-state index < -0.39 is 0 Å². The predicted octanol–water partition coefficient (Wildman–Crippen LogP) is 1.82. The summed E-state index contributed by atoms with van der Waals surface area (Å²) in [5.41, 5.74) is 0.564. The molecule has 0 radical (unpaired) electrons. The van der Waals surface area contributed by atoms with Crippen LogP contribution in [0.4, 0.5) is 4.39 Å². The van der Waals surface area contributed by atoms with Crippen LogP contribution in [0.5, 0.6) is 0 Å². The molecule has 1 atom stereocenters. The Balaban J connectivity index is 1.81. The largest absolute Gasteiger partial charge is 0.333 e. The minimum atomic E-state index is -0.336. The number of hydrogen-bond donors (Lipinski definition) is 0. The van der Waals surface area contributed by atoms with Crippen LogP contribution in [0.3, 0.4) is 0 Å². The lowest BCUT2D eigenvalue weighted by Crippen LogP contribution is -2.42. The van der Waals surface area contributed by atoms with Crippen molar-refractivity contribution in [1.82, 2.24) is 25.1 Å². The van der Waals surface area contributed by atoms with Crippen LogP contribution in [0.25, 0.3) is 5.69 Å². The Morgan fingerprint density at radius 3 is 2.76 bits per heavy atom. The van der Waals surface area contributed by atoms with Crippen LogP contribution in [0.15, 0.2) is 24.3 Å². The Kier molecular flexibility index (Phi) is 3.64. The van der Waals surface area contributed by atoms with E-state index in [4.69, 9.17) is 0 Å². The molecule has 110 valence electrons. The quantitative estimate of drug-likeness (QED) is 0.846. The van der Waals surface area contributed by atoms with Gasteiger partial charge in [0.2, 0.25) is 0 Å². The van der Waals surface area contributed by atoms with Crippen LogP contribution >= 0.6 is 0 Å². The van der Waals surface area contributed by atoms with Crippen molar-refractivity contribution < 1.29 is 9.18 Å². The maximum atomic E-state index is 12.9. The second-order valence-corrected chi connectivity index (χ2v) is 5.22. The molecule has 1 fully saturated rings. The molecule has 0 N–H and O–H groups in total. The number of carbonyl (C=O) groups is 1. The molecule has 1 aliphatic heterocycles. The van der Waals surface area contributed by atoms with Crippen molar-refractivity contribution in [3.05, 3.63) is 35.9 Å². The lowest BCUT2D eigenvalue weighted by molar-refractivity contribution is 0.0622. The van der Waals surface area contributed by atoms with E-state index in [1.165, 1.54) is 29.1 Å².